The van der Waals surface area contributed by atoms with Crippen LogP contribution in [0.5, 0.6) is 0 Å². The van der Waals surface area contributed by atoms with Gasteiger partial charge >= 0.3 is 0 Å². The smallest absolute Gasteiger partial charge is 0.262 e. The molecule has 9 heteroatoms. The van der Waals surface area contributed by atoms with Crippen molar-refractivity contribution in [2.24, 2.45) is 7.05 Å². The molecule has 1 saturated heterocycles. The van der Waals surface area contributed by atoms with E-state index in [4.69, 9.17) is 0 Å². The van der Waals surface area contributed by atoms with Gasteiger partial charge in [-0.3, -0.25) is 14.4 Å². The first-order chi connectivity index (χ1) is 11.2. The standard InChI is InChI=1S/C14H17N7OS/c1-19-12-10(8-16-19)13(22)18-11(17-12)9-20-3-5-21(6-4-20)14-15-2-7-23-14/h2,7-8H,3-6,9H2,1H3,(H,17,18,22). The highest BCUT2D eigenvalue weighted by Gasteiger charge is 2.19. The predicted octanol–water partition coefficient (Wildman–Crippen LogP) is 0.435. The maximum atomic E-state index is 12.1. The third kappa shape index (κ3) is 2.73. The average Bonchev–Trinajstić information content (AvgIpc) is 3.19. The van der Waals surface area contributed by atoms with Gasteiger partial charge in [0, 0.05) is 44.8 Å². The van der Waals surface area contributed by atoms with Crippen molar-refractivity contribution < 1.29 is 0 Å². The van der Waals surface area contributed by atoms with Crippen LogP contribution in [0.25, 0.3) is 11.0 Å². The summed E-state index contributed by atoms with van der Waals surface area (Å²) in [6.45, 7) is 4.36. The number of hydrogen-bond donors (Lipinski definition) is 1. The van der Waals surface area contributed by atoms with Gasteiger partial charge in [-0.2, -0.15) is 5.10 Å². The lowest BCUT2D eigenvalue weighted by Gasteiger charge is -2.34. The Morgan fingerprint density at radius 3 is 2.87 bits per heavy atom. The molecule has 0 radical (unpaired) electrons. The number of hydrogen-bond acceptors (Lipinski definition) is 7. The van der Waals surface area contributed by atoms with Crippen LogP contribution in [0.3, 0.4) is 0 Å². The highest BCUT2D eigenvalue weighted by Crippen LogP contribution is 2.19. The molecule has 1 fully saturated rings. The summed E-state index contributed by atoms with van der Waals surface area (Å²) in [4.78, 5) is 28.4. The molecule has 0 atom stereocenters. The van der Waals surface area contributed by atoms with Gasteiger partial charge < -0.3 is 9.88 Å². The molecule has 8 nitrogen and oxygen atoms in total. The lowest BCUT2D eigenvalue weighted by atomic mass is 10.3. The molecule has 0 amide bonds. The van der Waals surface area contributed by atoms with Crippen LogP contribution in [0, 0.1) is 0 Å². The summed E-state index contributed by atoms with van der Waals surface area (Å²) in [7, 11) is 1.80. The molecule has 120 valence electrons. The van der Waals surface area contributed by atoms with Gasteiger partial charge in [-0.25, -0.2) is 9.97 Å². The van der Waals surface area contributed by atoms with E-state index in [0.29, 0.717) is 23.4 Å². The third-order valence-electron chi connectivity index (χ3n) is 4.09. The van der Waals surface area contributed by atoms with Crippen molar-refractivity contribution in [2.45, 2.75) is 6.54 Å². The zero-order chi connectivity index (χ0) is 15.8. The van der Waals surface area contributed by atoms with Crippen LogP contribution in [0.1, 0.15) is 5.82 Å². The van der Waals surface area contributed by atoms with E-state index in [-0.39, 0.29) is 5.56 Å². The van der Waals surface area contributed by atoms with Crippen molar-refractivity contribution in [1.29, 1.82) is 0 Å². The number of aromatic nitrogens is 5. The van der Waals surface area contributed by atoms with E-state index in [2.05, 4.69) is 29.9 Å². The van der Waals surface area contributed by atoms with Crippen molar-refractivity contribution in [1.82, 2.24) is 29.6 Å². The first-order valence-electron chi connectivity index (χ1n) is 7.48. The fourth-order valence-corrected chi connectivity index (χ4v) is 3.53. The summed E-state index contributed by atoms with van der Waals surface area (Å²) in [5.41, 5.74) is 0.504. The minimum Gasteiger partial charge on any atom is -0.346 e. The van der Waals surface area contributed by atoms with E-state index in [0.717, 1.165) is 31.3 Å². The number of H-pyrrole nitrogens is 1. The van der Waals surface area contributed by atoms with Crippen LogP contribution in [0.4, 0.5) is 5.13 Å². The molecule has 3 aromatic rings. The maximum absolute atomic E-state index is 12.1. The summed E-state index contributed by atoms with van der Waals surface area (Å²) in [5.74, 6) is 0.689. The number of aryl methyl sites for hydroxylation is 1. The normalized spacial score (nSPS) is 16.3. The van der Waals surface area contributed by atoms with Gasteiger partial charge in [-0.05, 0) is 0 Å². The highest BCUT2D eigenvalue weighted by molar-refractivity contribution is 7.13. The minimum atomic E-state index is -0.125. The summed E-state index contributed by atoms with van der Waals surface area (Å²) in [6.07, 6.45) is 3.39. The lowest BCUT2D eigenvalue weighted by Crippen LogP contribution is -2.46. The Balaban J connectivity index is 1.47. The molecule has 1 N–H and O–H groups in total. The molecule has 0 spiro atoms. The first-order valence-corrected chi connectivity index (χ1v) is 8.36. The van der Waals surface area contributed by atoms with Crippen molar-refractivity contribution in [2.75, 3.05) is 31.1 Å². The molecule has 0 bridgehead atoms. The topological polar surface area (TPSA) is 82.9 Å². The second-order valence-electron chi connectivity index (χ2n) is 5.60. The molecule has 0 unspecified atom stereocenters. The van der Waals surface area contributed by atoms with Gasteiger partial charge in [0.1, 0.15) is 11.2 Å². The van der Waals surface area contributed by atoms with Crippen molar-refractivity contribution in [3.05, 3.63) is 34.0 Å². The monoisotopic (exact) mass is 331 g/mol. The number of rotatable bonds is 3. The average molecular weight is 331 g/mol. The van der Waals surface area contributed by atoms with Crippen LogP contribution < -0.4 is 10.5 Å². The Morgan fingerprint density at radius 2 is 2.13 bits per heavy atom. The predicted molar refractivity (Wildman–Crippen MR) is 88.7 cm³/mol. The molecule has 23 heavy (non-hydrogen) atoms. The molecular formula is C14H17N7OS. The van der Waals surface area contributed by atoms with E-state index < -0.39 is 0 Å². The number of nitrogens with zero attached hydrogens (tertiary/aromatic N) is 6. The van der Waals surface area contributed by atoms with E-state index >= 15 is 0 Å². The van der Waals surface area contributed by atoms with Crippen molar-refractivity contribution in [3.63, 3.8) is 0 Å². The van der Waals surface area contributed by atoms with Gasteiger partial charge in [-0.15, -0.1) is 11.3 Å². The molecular weight excluding hydrogens is 314 g/mol. The van der Waals surface area contributed by atoms with Crippen LogP contribution in [0.2, 0.25) is 0 Å². The van der Waals surface area contributed by atoms with Crippen LogP contribution >= 0.6 is 11.3 Å². The highest BCUT2D eigenvalue weighted by atomic mass is 32.1. The lowest BCUT2D eigenvalue weighted by molar-refractivity contribution is 0.244. The summed E-state index contributed by atoms with van der Waals surface area (Å²) >= 11 is 1.67. The van der Waals surface area contributed by atoms with Crippen LogP contribution in [-0.4, -0.2) is 55.8 Å². The van der Waals surface area contributed by atoms with Crippen molar-refractivity contribution >= 4 is 27.5 Å². The molecule has 1 aliphatic rings. The summed E-state index contributed by atoms with van der Waals surface area (Å²) < 4.78 is 1.63. The number of aromatic amines is 1. The first kappa shape index (κ1) is 14.3. The number of thiazole rings is 1. The molecule has 0 aromatic carbocycles. The Morgan fingerprint density at radius 1 is 1.30 bits per heavy atom. The van der Waals surface area contributed by atoms with Gasteiger partial charge in [0.25, 0.3) is 5.56 Å². The van der Waals surface area contributed by atoms with Crippen molar-refractivity contribution in [3.8, 4) is 0 Å². The zero-order valence-corrected chi connectivity index (χ0v) is 13.6. The number of piperazine rings is 1. The Labute approximate surface area is 136 Å². The van der Waals surface area contributed by atoms with Gasteiger partial charge in [0.15, 0.2) is 10.8 Å². The van der Waals surface area contributed by atoms with Gasteiger partial charge in [0.05, 0.1) is 12.7 Å². The third-order valence-corrected chi connectivity index (χ3v) is 4.92. The fourth-order valence-electron chi connectivity index (χ4n) is 2.83. The SMILES string of the molecule is Cn1ncc2c(=O)[nH]c(CN3CCN(c4nccs4)CC3)nc21. The van der Waals surface area contributed by atoms with Gasteiger partial charge in [-0.1, -0.05) is 0 Å². The molecule has 1 aliphatic heterocycles. The second kappa shape index (κ2) is 5.74. The second-order valence-corrected chi connectivity index (χ2v) is 6.47. The largest absolute Gasteiger partial charge is 0.346 e. The Hall–Kier alpha value is -2.26. The molecule has 0 saturated carbocycles. The Kier molecular flexibility index (Phi) is 3.58. The summed E-state index contributed by atoms with van der Waals surface area (Å²) in [6, 6.07) is 0. The van der Waals surface area contributed by atoms with Crippen LogP contribution in [-0.2, 0) is 13.6 Å². The van der Waals surface area contributed by atoms with E-state index in [1.165, 1.54) is 0 Å². The number of anilines is 1. The van der Waals surface area contributed by atoms with E-state index in [1.54, 1.807) is 29.3 Å². The van der Waals surface area contributed by atoms with E-state index in [1.807, 2.05) is 11.6 Å². The fraction of sp³-hybridized carbons (Fsp3) is 0.429. The molecule has 3 aromatic heterocycles. The minimum absolute atomic E-state index is 0.125. The summed E-state index contributed by atoms with van der Waals surface area (Å²) in [5, 5.41) is 7.70. The molecule has 4 heterocycles. The number of nitrogens with one attached hydrogen (secondary N) is 1. The van der Waals surface area contributed by atoms with Crippen LogP contribution in [0.15, 0.2) is 22.6 Å². The van der Waals surface area contributed by atoms with Gasteiger partial charge in [0.2, 0.25) is 0 Å². The van der Waals surface area contributed by atoms with E-state index in [9.17, 15) is 4.79 Å². The zero-order valence-electron chi connectivity index (χ0n) is 12.8. The maximum Gasteiger partial charge on any atom is 0.262 e. The molecule has 0 aliphatic carbocycles. The Bertz CT molecular complexity index is 861. The quantitative estimate of drug-likeness (QED) is 0.750. The molecule has 4 rings (SSSR count). The number of fused-ring (bicyclic) bond motifs is 1.